The van der Waals surface area contributed by atoms with Gasteiger partial charge < -0.3 is 15.5 Å². The molecule has 4 nitrogen and oxygen atoms in total. The minimum atomic E-state index is -0.671. The number of nitrogens with one attached hydrogen (secondary N) is 1. The normalized spacial score (nSPS) is 13.4. The van der Waals surface area contributed by atoms with Crippen LogP contribution in [0.2, 0.25) is 0 Å². The molecule has 0 rings (SSSR count). The second-order valence-corrected chi connectivity index (χ2v) is 24.3. The van der Waals surface area contributed by atoms with Crippen molar-refractivity contribution in [3.63, 3.8) is 0 Å². The molecule has 1 amide bonds. The molecule has 0 radical (unpaired) electrons. The first-order valence-electron chi connectivity index (χ1n) is 36.2. The smallest absolute Gasteiger partial charge is 0.220 e. The van der Waals surface area contributed by atoms with Crippen molar-refractivity contribution in [2.45, 2.75) is 366 Å². The van der Waals surface area contributed by atoms with Gasteiger partial charge in [-0.2, -0.15) is 0 Å². The zero-order chi connectivity index (χ0) is 59.8. The summed E-state index contributed by atoms with van der Waals surface area (Å²) in [6.07, 6.45) is 111. The van der Waals surface area contributed by atoms with E-state index in [9.17, 15) is 15.0 Å². The quantitative estimate of drug-likeness (QED) is 0.0420. The minimum absolute atomic E-state index is 0.0358. The van der Waals surface area contributed by atoms with Crippen molar-refractivity contribution in [1.29, 1.82) is 0 Å². The van der Waals surface area contributed by atoms with Gasteiger partial charge in [0.15, 0.2) is 0 Å². The number of rotatable bonds is 66. The molecule has 0 aromatic carbocycles. The zero-order valence-electron chi connectivity index (χ0n) is 55.2. The third kappa shape index (κ3) is 69.5. The summed E-state index contributed by atoms with van der Waals surface area (Å²) in [5, 5.41) is 23.5. The van der Waals surface area contributed by atoms with Gasteiger partial charge in [0.2, 0.25) is 5.91 Å². The molecule has 0 spiro atoms. The lowest BCUT2D eigenvalue weighted by atomic mass is 10.0. The fraction of sp³-hybridized carbons (Fsp3) is 0.734. The third-order valence-electron chi connectivity index (χ3n) is 16.2. The van der Waals surface area contributed by atoms with E-state index < -0.39 is 12.1 Å². The summed E-state index contributed by atoms with van der Waals surface area (Å²) >= 11 is 0. The van der Waals surface area contributed by atoms with Crippen LogP contribution in [0, 0.1) is 0 Å². The van der Waals surface area contributed by atoms with Gasteiger partial charge in [0, 0.05) is 6.42 Å². The van der Waals surface area contributed by atoms with Crippen molar-refractivity contribution in [1.82, 2.24) is 5.32 Å². The van der Waals surface area contributed by atoms with E-state index in [0.717, 1.165) is 89.9 Å². The van der Waals surface area contributed by atoms with Gasteiger partial charge >= 0.3 is 0 Å². The lowest BCUT2D eigenvalue weighted by Crippen LogP contribution is -2.45. The summed E-state index contributed by atoms with van der Waals surface area (Å²) in [4.78, 5) is 12.6. The van der Waals surface area contributed by atoms with Crippen LogP contribution in [0.4, 0.5) is 0 Å². The van der Waals surface area contributed by atoms with Gasteiger partial charge in [0.1, 0.15) is 0 Å². The number of carbonyl (C=O) groups is 1. The molecular weight excluding hydrogens is 1010 g/mol. The topological polar surface area (TPSA) is 69.6 Å². The highest BCUT2D eigenvalue weighted by molar-refractivity contribution is 5.76. The SMILES string of the molecule is CC/C=C\C/C=C\C/C=C\C/C=C\C/C=C\C/C=C\C/C=C\C/C=C\C/C=C\C/C=C\CCCCCCCCCCCCC(=O)NC(CO)C(O)CCCCCCCCCCCCCCCCCCCCCCCCCCCCCCCC. The number of amides is 1. The van der Waals surface area contributed by atoms with E-state index in [1.54, 1.807) is 0 Å². The Labute approximate surface area is 518 Å². The van der Waals surface area contributed by atoms with Crippen molar-refractivity contribution in [3.8, 4) is 0 Å². The van der Waals surface area contributed by atoms with Gasteiger partial charge in [0.05, 0.1) is 18.8 Å². The van der Waals surface area contributed by atoms with E-state index in [1.165, 1.54) is 238 Å². The second-order valence-electron chi connectivity index (χ2n) is 24.3. The first-order valence-corrected chi connectivity index (χ1v) is 36.2. The highest BCUT2D eigenvalue weighted by atomic mass is 16.3. The molecule has 0 aliphatic carbocycles. The van der Waals surface area contributed by atoms with Crippen LogP contribution in [0.25, 0.3) is 0 Å². The number of carbonyl (C=O) groups excluding carboxylic acids is 1. The number of unbranched alkanes of at least 4 members (excludes halogenated alkanes) is 39. The molecule has 478 valence electrons. The zero-order valence-corrected chi connectivity index (χ0v) is 55.2. The molecule has 0 fully saturated rings. The summed E-state index contributed by atoms with van der Waals surface area (Å²) in [7, 11) is 0. The van der Waals surface area contributed by atoms with Gasteiger partial charge in [-0.1, -0.05) is 379 Å². The Balaban J connectivity index is 3.52. The lowest BCUT2D eigenvalue weighted by molar-refractivity contribution is -0.123. The lowest BCUT2D eigenvalue weighted by Gasteiger charge is -2.22. The molecule has 2 unspecified atom stereocenters. The summed E-state index contributed by atoms with van der Waals surface area (Å²) in [5.74, 6) is -0.0358. The van der Waals surface area contributed by atoms with Crippen LogP contribution in [0.1, 0.15) is 354 Å². The molecule has 0 aliphatic heterocycles. The van der Waals surface area contributed by atoms with Crippen molar-refractivity contribution < 1.29 is 15.0 Å². The summed E-state index contributed by atoms with van der Waals surface area (Å²) in [6.45, 7) is 4.27. The van der Waals surface area contributed by atoms with E-state index in [4.69, 9.17) is 0 Å². The van der Waals surface area contributed by atoms with Crippen LogP contribution >= 0.6 is 0 Å². The number of hydrogen-bond acceptors (Lipinski definition) is 3. The van der Waals surface area contributed by atoms with Gasteiger partial charge in [-0.15, -0.1) is 0 Å². The average Bonchev–Trinajstić information content (AvgIpc) is 3.51. The second kappa shape index (κ2) is 73.0. The number of aliphatic hydroxyl groups is 2. The summed E-state index contributed by atoms with van der Waals surface area (Å²) in [6, 6.07) is -0.548. The summed E-state index contributed by atoms with van der Waals surface area (Å²) in [5.41, 5.74) is 0. The minimum Gasteiger partial charge on any atom is -0.394 e. The Morgan fingerprint density at radius 1 is 0.301 bits per heavy atom. The van der Waals surface area contributed by atoms with Crippen molar-refractivity contribution in [3.05, 3.63) is 122 Å². The van der Waals surface area contributed by atoms with Crippen LogP contribution in [0.15, 0.2) is 122 Å². The van der Waals surface area contributed by atoms with E-state index in [0.29, 0.717) is 12.8 Å². The van der Waals surface area contributed by atoms with Crippen LogP contribution in [-0.4, -0.2) is 34.9 Å². The predicted molar refractivity (Wildman–Crippen MR) is 372 cm³/mol. The maximum absolute atomic E-state index is 12.6. The maximum Gasteiger partial charge on any atom is 0.220 e. The Bertz CT molecular complexity index is 1590. The predicted octanol–water partition coefficient (Wildman–Crippen LogP) is 25.1. The largest absolute Gasteiger partial charge is 0.394 e. The number of hydrogen-bond donors (Lipinski definition) is 3. The monoisotopic (exact) mass is 1150 g/mol. The number of allylic oxidation sites excluding steroid dienone is 20. The van der Waals surface area contributed by atoms with Crippen LogP contribution in [0.5, 0.6) is 0 Å². The first-order chi connectivity index (χ1) is 41.2. The molecule has 2 atom stereocenters. The van der Waals surface area contributed by atoms with E-state index in [-0.39, 0.29) is 12.5 Å². The molecular formula is C79H139NO3. The molecule has 4 heteroatoms. The fourth-order valence-electron chi connectivity index (χ4n) is 10.8. The molecule has 83 heavy (non-hydrogen) atoms. The molecule has 0 saturated heterocycles. The van der Waals surface area contributed by atoms with Crippen molar-refractivity contribution in [2.75, 3.05) is 6.61 Å². The standard InChI is InChI=1S/C79H139NO3/c1-3-5-7-9-11-13-15-17-19-21-23-25-27-29-31-33-35-36-37-38-39-40-41-42-43-44-45-47-49-51-53-55-57-59-61-63-65-67-69-71-73-75-79(83)80-77(76-81)78(82)74-72-70-68-66-64-62-60-58-56-54-52-50-48-46-34-32-30-28-26-24-22-20-18-16-14-12-10-8-6-4-2/h5,7,11,13,17,19,23,25,29,31,35-36,38-39,41-42,44-45,49,51,77-78,81-82H,3-4,6,8-10,12,14-16,18,20-22,24,26-28,30,32-34,37,40,43,46-48,50,52-76H2,1-2H3,(H,80,83)/b7-5-,13-11-,19-17-,25-23-,31-29-,36-35-,39-38-,42-41-,45-44-,51-49-. The molecule has 0 aromatic rings. The molecule has 0 aliphatic rings. The molecule has 0 aromatic heterocycles. The van der Waals surface area contributed by atoms with Gasteiger partial charge in [-0.3, -0.25) is 4.79 Å². The van der Waals surface area contributed by atoms with Crippen LogP contribution < -0.4 is 5.32 Å². The first kappa shape index (κ1) is 79.8. The van der Waals surface area contributed by atoms with Crippen molar-refractivity contribution in [2.24, 2.45) is 0 Å². The average molecular weight is 1150 g/mol. The summed E-state index contributed by atoms with van der Waals surface area (Å²) < 4.78 is 0. The fourth-order valence-corrected chi connectivity index (χ4v) is 10.8. The third-order valence-corrected chi connectivity index (χ3v) is 16.2. The van der Waals surface area contributed by atoms with E-state index in [1.807, 2.05) is 0 Å². The highest BCUT2D eigenvalue weighted by Crippen LogP contribution is 2.18. The van der Waals surface area contributed by atoms with Gasteiger partial charge in [-0.25, -0.2) is 0 Å². The van der Waals surface area contributed by atoms with Gasteiger partial charge in [-0.05, 0) is 89.9 Å². The molecule has 0 bridgehead atoms. The Morgan fingerprint density at radius 3 is 0.795 bits per heavy atom. The molecule has 0 saturated carbocycles. The van der Waals surface area contributed by atoms with E-state index >= 15 is 0 Å². The van der Waals surface area contributed by atoms with Crippen molar-refractivity contribution >= 4 is 5.91 Å². The van der Waals surface area contributed by atoms with Crippen LogP contribution in [0.3, 0.4) is 0 Å². The van der Waals surface area contributed by atoms with Crippen LogP contribution in [-0.2, 0) is 4.79 Å². The van der Waals surface area contributed by atoms with Gasteiger partial charge in [0.25, 0.3) is 0 Å². The number of aliphatic hydroxyl groups excluding tert-OH is 2. The Kier molecular flexibility index (Phi) is 70.2. The Hall–Kier alpha value is -3.21. The molecule has 0 heterocycles. The highest BCUT2D eigenvalue weighted by Gasteiger charge is 2.20. The molecule has 3 N–H and O–H groups in total. The van der Waals surface area contributed by atoms with E-state index in [2.05, 4.69) is 141 Å². The Morgan fingerprint density at radius 2 is 0.530 bits per heavy atom. The maximum atomic E-state index is 12.6.